The largest absolute Gasteiger partial charge is 0.480 e. The summed E-state index contributed by atoms with van der Waals surface area (Å²) in [6.45, 7) is 24.8. The zero-order valence-electron chi connectivity index (χ0n) is 69.1. The lowest BCUT2D eigenvalue weighted by atomic mass is 9.82. The van der Waals surface area contributed by atoms with Crippen LogP contribution in [0.4, 0.5) is 26.3 Å². The number of thiol groups is 1. The van der Waals surface area contributed by atoms with E-state index in [4.69, 9.17) is 15.1 Å². The Kier molecular flexibility index (Phi) is 61.1. The summed E-state index contributed by atoms with van der Waals surface area (Å²) in [5.41, 5.74) is 0. The minimum atomic E-state index is -4.55. The predicted octanol–water partition coefficient (Wildman–Crippen LogP) is 14.4. The molecule has 644 valence electrons. The van der Waals surface area contributed by atoms with E-state index in [0.29, 0.717) is 54.9 Å². The number of halogens is 6. The molecule has 2 aliphatic heterocycles. The molecule has 22 nitrogen and oxygen atoms in total. The fraction of sp³-hybridized carbons (Fsp3) is 0.847. The van der Waals surface area contributed by atoms with Gasteiger partial charge in [0.05, 0.1) is 35.3 Å². The molecule has 0 aromatic rings. The molecular formula is C72H130F6N8O14S10. The molecule has 7 unspecified atom stereocenters. The number of aliphatic carboxylic acids is 2. The number of ketones is 4. The molecule has 110 heavy (non-hydrogen) atoms. The second kappa shape index (κ2) is 59.8. The first-order chi connectivity index (χ1) is 50.9. The second-order valence-electron chi connectivity index (χ2n) is 27.7. The van der Waals surface area contributed by atoms with Gasteiger partial charge < -0.3 is 15.1 Å². The van der Waals surface area contributed by atoms with Crippen molar-refractivity contribution in [2.24, 2.45) is 11.8 Å². The number of Topliss-reactive ketones (excluding diaryl/α,β-unsaturated/α-hetero) is 4. The molecule has 2 heterocycles. The summed E-state index contributed by atoms with van der Waals surface area (Å²) in [6, 6.07) is -4.19. The maximum Gasteiger partial charge on any atom is 0.404 e. The number of hydrogen-bond acceptors (Lipinski definition) is 28. The highest BCUT2D eigenvalue weighted by molar-refractivity contribution is 8.77. The first kappa shape index (κ1) is 112. The van der Waals surface area contributed by atoms with Gasteiger partial charge in [0.15, 0.2) is 0 Å². The number of likely N-dealkylation sites (N-methyl/N-ethyl adjacent to an activating group) is 6. The van der Waals surface area contributed by atoms with Gasteiger partial charge in [-0.15, -0.1) is 16.8 Å². The van der Waals surface area contributed by atoms with Crippen LogP contribution in [0.15, 0.2) is 0 Å². The number of carbonyl (C=O) groups excluding carboxylic acids is 9. The Bertz CT molecular complexity index is 2580. The molecule has 0 aromatic carbocycles. The first-order valence-electron chi connectivity index (χ1n) is 36.6. The van der Waals surface area contributed by atoms with Gasteiger partial charge in [-0.1, -0.05) is 86.4 Å². The van der Waals surface area contributed by atoms with E-state index in [1.54, 1.807) is 70.9 Å². The maximum atomic E-state index is 13.6. The molecule has 1 aliphatic carbocycles. The van der Waals surface area contributed by atoms with Crippen LogP contribution < -0.4 is 0 Å². The monoisotopic (exact) mass is 1760 g/mol. The maximum absolute atomic E-state index is 13.6. The number of alkyl halides is 6. The van der Waals surface area contributed by atoms with Crippen LogP contribution in [0.5, 0.6) is 0 Å². The predicted molar refractivity (Wildman–Crippen MR) is 455 cm³/mol. The summed E-state index contributed by atoms with van der Waals surface area (Å²) in [5, 5.41) is 17.4. The van der Waals surface area contributed by atoms with E-state index in [2.05, 4.69) is 75.1 Å². The minimum Gasteiger partial charge on any atom is -0.480 e. The fourth-order valence-corrected chi connectivity index (χ4v) is 17.9. The van der Waals surface area contributed by atoms with Crippen molar-refractivity contribution in [2.75, 3.05) is 108 Å². The van der Waals surface area contributed by atoms with E-state index in [0.717, 1.165) is 75.2 Å². The molecule has 1 saturated carbocycles. The Balaban J connectivity index is -0.00000136. The van der Waals surface area contributed by atoms with Gasteiger partial charge in [0, 0.05) is 73.0 Å². The molecule has 0 radical (unpaired) electrons. The Labute approximate surface area is 694 Å². The number of carbonyl (C=O) groups is 11. The summed E-state index contributed by atoms with van der Waals surface area (Å²) in [5.74, 6) is -0.189. The van der Waals surface area contributed by atoms with Crippen LogP contribution in [0.3, 0.4) is 0 Å². The third-order valence-electron chi connectivity index (χ3n) is 20.3. The number of rotatable bonds is 44. The van der Waals surface area contributed by atoms with Crippen molar-refractivity contribution in [3.8, 4) is 0 Å². The number of imide groups is 2. The molecule has 0 aromatic heterocycles. The summed E-state index contributed by atoms with van der Waals surface area (Å²) in [6.07, 6.45) is 5.16. The zero-order valence-corrected chi connectivity index (χ0v) is 77.3. The Morgan fingerprint density at radius 1 is 0.464 bits per heavy atom. The van der Waals surface area contributed by atoms with Crippen molar-refractivity contribution in [1.29, 1.82) is 0 Å². The van der Waals surface area contributed by atoms with Crippen LogP contribution in [0, 0.1) is 11.8 Å². The number of carboxylic acids is 2. The molecule has 3 fully saturated rings. The van der Waals surface area contributed by atoms with Gasteiger partial charge in [-0.3, -0.25) is 82.2 Å². The van der Waals surface area contributed by atoms with Crippen molar-refractivity contribution in [3.63, 3.8) is 0 Å². The number of nitrogens with zero attached hydrogens (tertiary/aromatic N) is 8. The van der Waals surface area contributed by atoms with Crippen molar-refractivity contribution < 1.29 is 94.1 Å². The average Bonchev–Trinajstić information content (AvgIpc) is 1.65. The van der Waals surface area contributed by atoms with E-state index < -0.39 is 95.4 Å². The van der Waals surface area contributed by atoms with Gasteiger partial charge in [-0.25, -0.2) is 4.79 Å². The number of amides is 4. The van der Waals surface area contributed by atoms with Gasteiger partial charge in [-0.05, 0) is 246 Å². The van der Waals surface area contributed by atoms with Crippen LogP contribution in [-0.2, 0) is 57.6 Å². The molecule has 0 spiro atoms. The van der Waals surface area contributed by atoms with E-state index >= 15 is 0 Å². The summed E-state index contributed by atoms with van der Waals surface area (Å²) in [7, 11) is 24.9. The first-order valence-corrected chi connectivity index (χ1v) is 49.2. The normalized spacial score (nSPS) is 19.4. The minimum absolute atomic E-state index is 0.00802. The lowest BCUT2D eigenvalue weighted by Crippen LogP contribution is -2.50. The van der Waals surface area contributed by atoms with Gasteiger partial charge in [0.25, 0.3) is 11.8 Å². The number of thioether (sulfide) groups is 1. The third kappa shape index (κ3) is 44.7. The topological polar surface area (TPSA) is 263 Å². The van der Waals surface area contributed by atoms with Gasteiger partial charge in [-0.2, -0.15) is 39.0 Å². The lowest BCUT2D eigenvalue weighted by molar-refractivity contribution is -0.201. The Morgan fingerprint density at radius 2 is 0.764 bits per heavy atom. The van der Waals surface area contributed by atoms with Crippen molar-refractivity contribution in [1.82, 2.24) is 39.4 Å². The van der Waals surface area contributed by atoms with E-state index in [1.165, 1.54) is 41.8 Å². The summed E-state index contributed by atoms with van der Waals surface area (Å²) in [4.78, 5) is 144. The number of hydrogen-bond donors (Lipinski definition) is 3. The van der Waals surface area contributed by atoms with E-state index in [1.807, 2.05) is 95.0 Å². The molecule has 3 rings (SSSR count). The summed E-state index contributed by atoms with van der Waals surface area (Å²) < 4.78 is 78.6. The molecular weight excluding hydrogens is 1640 g/mol. The Morgan fingerprint density at radius 3 is 1.05 bits per heavy atom. The summed E-state index contributed by atoms with van der Waals surface area (Å²) >= 11 is 4.81. The van der Waals surface area contributed by atoms with Crippen LogP contribution in [-0.4, -0.2) is 313 Å². The van der Waals surface area contributed by atoms with E-state index in [-0.39, 0.29) is 97.2 Å². The highest BCUT2D eigenvalue weighted by Crippen LogP contribution is 2.36. The number of carboxylic acid groups (broad SMARTS) is 2. The standard InChI is InChI=1S/C25H34F3N3O7S.2C10H21NOS2.C9H16F3NOS.2C9H19NO2S2/c1-14(15(2)32)29(3)19(25(26,27)28)10-11-39-18-12-22(35)30(23(18)36)13-16-4-6-17(7-5-16)24(37)38-31-20(33)8-9-21(31)34;2*1-8(6-7-14-13-5)11(4)9(2)10(3)12;1-6(7(2)14)13(3)8(4-5-15)9(10,11)12;2*1-7(5-6-14-13-4)10(3)8(2)9(11)12/h14,16-19H,4-13H2,1-3H3;2*8-9H,6-7H2,1-5H3;6,8,15H,4-5H2,1-3H3;2*7-8H,5-6H2,1-4H3,(H,11,12)/t14-,16?,17?,18?,19?;2*8?,9-;6-,8?;2*7?,8-/m000000/s1. The molecule has 4 amide bonds. The smallest absolute Gasteiger partial charge is 0.404 e. The second-order valence-corrected chi connectivity index (χ2v) is 40.2. The van der Waals surface area contributed by atoms with Crippen molar-refractivity contribution in [3.05, 3.63) is 0 Å². The highest BCUT2D eigenvalue weighted by atomic mass is 33.1. The quantitative estimate of drug-likeness (QED) is 0.0168. The van der Waals surface area contributed by atoms with Crippen LogP contribution in [0.25, 0.3) is 0 Å². The van der Waals surface area contributed by atoms with Crippen LogP contribution >= 0.6 is 111 Å². The average molecular weight is 1770 g/mol. The molecule has 13 atom stereocenters. The Hall–Kier alpha value is -1.79. The van der Waals surface area contributed by atoms with Gasteiger partial charge in [0.1, 0.15) is 47.3 Å². The molecule has 38 heteroatoms. The van der Waals surface area contributed by atoms with Crippen LogP contribution in [0.2, 0.25) is 0 Å². The van der Waals surface area contributed by atoms with E-state index in [9.17, 15) is 79.1 Å². The van der Waals surface area contributed by atoms with Crippen molar-refractivity contribution >= 4 is 175 Å². The van der Waals surface area contributed by atoms with Crippen molar-refractivity contribution in [2.45, 2.75) is 271 Å². The highest BCUT2D eigenvalue weighted by Gasteiger charge is 2.47. The molecule has 0 bridgehead atoms. The van der Waals surface area contributed by atoms with Crippen LogP contribution in [0.1, 0.15) is 180 Å². The van der Waals surface area contributed by atoms with Gasteiger partial charge >= 0.3 is 30.3 Å². The molecule has 2 saturated heterocycles. The number of likely N-dealkylation sites (tertiary alicyclic amines) is 1. The molecule has 2 N–H and O–H groups in total. The number of hydroxylamine groups is 2. The van der Waals surface area contributed by atoms with Gasteiger partial charge in [0.2, 0.25) is 11.8 Å². The SMILES string of the molecule is CC(=O)[C@H](C)N(C)C(CCS)C(F)(F)F.CC(=O)[C@H](C)N(C)C(CCSC1CC(=O)N(CC2CCC(C(=O)ON3C(=O)CCC3=O)CC2)C1=O)C(F)(F)F.CSSCCC(C)N(C)[C@@H](C)C(=O)O.CSSCCC(C)N(C)[C@@H](C)C(=O)O.CSSCCC(C)N(C)[C@@H](C)C(C)=O.CSSCCC(C)N(C)[C@@H](C)C(C)=O. The molecule has 3 aliphatic rings. The zero-order chi connectivity index (χ0) is 85.8. The lowest BCUT2D eigenvalue weighted by Gasteiger charge is -2.33. The fourth-order valence-electron chi connectivity index (χ4n) is 10.9. The third-order valence-corrected chi connectivity index (χ3v) is 29.2.